The first-order chi connectivity index (χ1) is 17.3. The lowest BCUT2D eigenvalue weighted by molar-refractivity contribution is -0.140. The highest BCUT2D eigenvalue weighted by atomic mass is 16.5. The molecule has 1 amide bonds. The Morgan fingerprint density at radius 1 is 1.17 bits per heavy atom. The molecule has 3 aromatic rings. The average Bonchev–Trinajstić information content (AvgIpc) is 3.13. The van der Waals surface area contributed by atoms with Gasteiger partial charge in [0.2, 0.25) is 0 Å². The minimum atomic E-state index is -0.751. The van der Waals surface area contributed by atoms with E-state index in [1.165, 1.54) is 4.90 Å². The molecule has 0 unspecified atom stereocenters. The molecule has 2 aromatic carbocycles. The van der Waals surface area contributed by atoms with Crippen LogP contribution in [0.1, 0.15) is 28.3 Å². The number of nitrogens with zero attached hydrogens (tertiary/aromatic N) is 3. The van der Waals surface area contributed by atoms with E-state index in [0.717, 1.165) is 22.4 Å². The molecule has 7 nitrogen and oxygen atoms in total. The molecule has 7 heteroatoms. The van der Waals surface area contributed by atoms with Gasteiger partial charge in [-0.05, 0) is 60.0 Å². The summed E-state index contributed by atoms with van der Waals surface area (Å²) in [5.74, 6) is -0.950. The van der Waals surface area contributed by atoms with E-state index in [4.69, 9.17) is 4.74 Å². The maximum atomic E-state index is 13.3. The number of aliphatic hydroxyl groups excluding tert-OH is 1. The lowest BCUT2D eigenvalue weighted by atomic mass is 9.94. The number of aromatic nitrogens is 1. The molecular weight excluding hydrogens is 454 g/mol. The van der Waals surface area contributed by atoms with Crippen LogP contribution in [-0.2, 0) is 16.1 Å². The Balaban J connectivity index is 1.82. The number of carbonyl (C=O) groups is 2. The normalized spacial score (nSPS) is 16.8. The number of amides is 1. The summed E-state index contributed by atoms with van der Waals surface area (Å²) in [6, 6.07) is 15.7. The molecule has 0 spiro atoms. The van der Waals surface area contributed by atoms with Gasteiger partial charge >= 0.3 is 0 Å². The molecule has 2 heterocycles. The molecule has 0 saturated carbocycles. The summed E-state index contributed by atoms with van der Waals surface area (Å²) in [5.41, 5.74) is 3.78. The summed E-state index contributed by atoms with van der Waals surface area (Å²) >= 11 is 0. The molecule has 0 aliphatic carbocycles. The van der Waals surface area contributed by atoms with E-state index in [1.54, 1.807) is 42.7 Å². The van der Waals surface area contributed by atoms with Gasteiger partial charge in [0.15, 0.2) is 0 Å². The van der Waals surface area contributed by atoms with E-state index in [-0.39, 0.29) is 17.9 Å². The maximum Gasteiger partial charge on any atom is 0.295 e. The highest BCUT2D eigenvalue weighted by Gasteiger charge is 2.46. The van der Waals surface area contributed by atoms with E-state index in [2.05, 4.69) is 11.6 Å². The first kappa shape index (κ1) is 24.7. The molecule has 1 N–H and O–H groups in total. The molecule has 1 aliphatic rings. The van der Waals surface area contributed by atoms with Crippen molar-refractivity contribution in [1.82, 2.24) is 9.88 Å². The number of hydrogen-bond donors (Lipinski definition) is 1. The predicted octanol–water partition coefficient (Wildman–Crippen LogP) is 4.64. The van der Waals surface area contributed by atoms with Crippen LogP contribution in [0, 0.1) is 6.92 Å². The third-order valence-corrected chi connectivity index (χ3v) is 6.15. The number of anilines is 1. The van der Waals surface area contributed by atoms with Gasteiger partial charge in [0.05, 0.1) is 11.6 Å². The first-order valence-corrected chi connectivity index (χ1v) is 11.6. The van der Waals surface area contributed by atoms with Crippen molar-refractivity contribution in [3.63, 3.8) is 0 Å². The predicted molar refractivity (Wildman–Crippen MR) is 140 cm³/mol. The minimum absolute atomic E-state index is 0.0562. The number of ether oxygens (including phenoxy) is 1. The summed E-state index contributed by atoms with van der Waals surface area (Å²) in [4.78, 5) is 34.1. The van der Waals surface area contributed by atoms with E-state index in [0.29, 0.717) is 17.9 Å². The van der Waals surface area contributed by atoms with Crippen molar-refractivity contribution in [2.75, 3.05) is 25.6 Å². The van der Waals surface area contributed by atoms with Crippen molar-refractivity contribution in [2.24, 2.45) is 0 Å². The molecule has 0 radical (unpaired) electrons. The van der Waals surface area contributed by atoms with Crippen LogP contribution in [0.4, 0.5) is 5.69 Å². The number of benzene rings is 2. The fourth-order valence-electron chi connectivity index (χ4n) is 4.30. The number of ketones is 1. The number of aliphatic hydroxyl groups is 1. The lowest BCUT2D eigenvalue weighted by Gasteiger charge is -2.26. The molecule has 4 rings (SSSR count). The van der Waals surface area contributed by atoms with Crippen LogP contribution in [-0.4, -0.2) is 47.4 Å². The molecule has 1 aromatic heterocycles. The lowest BCUT2D eigenvalue weighted by Crippen LogP contribution is -2.29. The van der Waals surface area contributed by atoms with Gasteiger partial charge in [-0.2, -0.15) is 0 Å². The standard InChI is InChI=1S/C29H29N3O4/c1-5-15-36-24-13-10-22(16-19(24)2)27(33)25-26(21-8-11-23(12-9-21)31(3)4)32(29(35)28(25)34)18-20-7-6-14-30-17-20/h5-14,16-17,26,33H,1,15,18H2,2-4H3/t26-/m0/s1. The van der Waals surface area contributed by atoms with Crippen molar-refractivity contribution in [2.45, 2.75) is 19.5 Å². The van der Waals surface area contributed by atoms with Crippen LogP contribution in [0.5, 0.6) is 5.75 Å². The second kappa shape index (κ2) is 10.5. The minimum Gasteiger partial charge on any atom is -0.507 e. The monoisotopic (exact) mass is 483 g/mol. The zero-order chi connectivity index (χ0) is 25.8. The van der Waals surface area contributed by atoms with Crippen molar-refractivity contribution in [3.8, 4) is 5.75 Å². The number of Topliss-reactive ketones (excluding diaryl/α,β-unsaturated/α-hetero) is 1. The van der Waals surface area contributed by atoms with Crippen LogP contribution in [0.25, 0.3) is 5.76 Å². The van der Waals surface area contributed by atoms with Crippen molar-refractivity contribution in [3.05, 3.63) is 107 Å². The van der Waals surface area contributed by atoms with E-state index in [1.807, 2.05) is 56.3 Å². The highest BCUT2D eigenvalue weighted by molar-refractivity contribution is 6.46. The Hall–Kier alpha value is -4.39. The summed E-state index contributed by atoms with van der Waals surface area (Å²) in [5, 5.41) is 11.4. The zero-order valence-electron chi connectivity index (χ0n) is 20.6. The second-order valence-corrected chi connectivity index (χ2v) is 8.85. The topological polar surface area (TPSA) is 83.0 Å². The van der Waals surface area contributed by atoms with Gasteiger partial charge in [-0.25, -0.2) is 0 Å². The number of hydrogen-bond acceptors (Lipinski definition) is 6. The number of rotatable bonds is 8. The Kier molecular flexibility index (Phi) is 7.20. The third-order valence-electron chi connectivity index (χ3n) is 6.15. The molecule has 184 valence electrons. The van der Waals surface area contributed by atoms with E-state index >= 15 is 0 Å². The number of carbonyl (C=O) groups excluding carboxylic acids is 2. The molecule has 36 heavy (non-hydrogen) atoms. The van der Waals surface area contributed by atoms with Gasteiger partial charge in [-0.3, -0.25) is 14.6 Å². The molecule has 1 saturated heterocycles. The van der Waals surface area contributed by atoms with E-state index in [9.17, 15) is 14.7 Å². The van der Waals surface area contributed by atoms with Crippen LogP contribution >= 0.6 is 0 Å². The number of pyridine rings is 1. The summed E-state index contributed by atoms with van der Waals surface area (Å²) in [7, 11) is 3.88. The fourth-order valence-corrected chi connectivity index (χ4v) is 4.30. The van der Waals surface area contributed by atoms with Crippen molar-refractivity contribution in [1.29, 1.82) is 0 Å². The van der Waals surface area contributed by atoms with Crippen molar-refractivity contribution >= 4 is 23.1 Å². The largest absolute Gasteiger partial charge is 0.507 e. The van der Waals surface area contributed by atoms with Gasteiger partial charge in [-0.15, -0.1) is 0 Å². The van der Waals surface area contributed by atoms with E-state index < -0.39 is 17.7 Å². The van der Waals surface area contributed by atoms with Gasteiger partial charge in [0.25, 0.3) is 11.7 Å². The maximum absolute atomic E-state index is 13.3. The third kappa shape index (κ3) is 4.86. The number of aryl methyl sites for hydroxylation is 1. The SMILES string of the molecule is C=CCOc1ccc(C(O)=C2C(=O)C(=O)N(Cc3cccnc3)[C@H]2c2ccc(N(C)C)cc2)cc1C. The number of likely N-dealkylation sites (tertiary alicyclic amines) is 1. The summed E-state index contributed by atoms with van der Waals surface area (Å²) in [6.45, 7) is 6.05. The second-order valence-electron chi connectivity index (χ2n) is 8.85. The zero-order valence-corrected chi connectivity index (χ0v) is 20.6. The van der Waals surface area contributed by atoms with Crippen LogP contribution < -0.4 is 9.64 Å². The molecule has 0 bridgehead atoms. The summed E-state index contributed by atoms with van der Waals surface area (Å²) < 4.78 is 5.63. The van der Waals surface area contributed by atoms with Crippen LogP contribution in [0.2, 0.25) is 0 Å². The van der Waals surface area contributed by atoms with Gasteiger partial charge < -0.3 is 19.6 Å². The quantitative estimate of drug-likeness (QED) is 0.218. The average molecular weight is 484 g/mol. The van der Waals surface area contributed by atoms with Gasteiger partial charge in [0, 0.05) is 44.3 Å². The fraction of sp³-hybridized carbons (Fsp3) is 0.207. The Bertz CT molecular complexity index is 1310. The van der Waals surface area contributed by atoms with Crippen LogP contribution in [0.3, 0.4) is 0 Å². The molecular formula is C29H29N3O4. The Labute approximate surface area is 211 Å². The molecule has 1 atom stereocenters. The van der Waals surface area contributed by atoms with Gasteiger partial charge in [0.1, 0.15) is 18.1 Å². The highest BCUT2D eigenvalue weighted by Crippen LogP contribution is 2.41. The van der Waals surface area contributed by atoms with Gasteiger partial charge in [-0.1, -0.05) is 30.9 Å². The smallest absolute Gasteiger partial charge is 0.295 e. The first-order valence-electron chi connectivity index (χ1n) is 11.6. The Morgan fingerprint density at radius 2 is 1.92 bits per heavy atom. The van der Waals surface area contributed by atoms with Crippen molar-refractivity contribution < 1.29 is 19.4 Å². The molecule has 1 aliphatic heterocycles. The summed E-state index contributed by atoms with van der Waals surface area (Å²) in [6.07, 6.45) is 4.97. The molecule has 1 fully saturated rings. The Morgan fingerprint density at radius 3 is 2.53 bits per heavy atom. The van der Waals surface area contributed by atoms with Crippen LogP contribution in [0.15, 0.2) is 85.2 Å².